The van der Waals surface area contributed by atoms with Crippen LogP contribution >= 0.6 is 23.2 Å². The first-order valence-corrected chi connectivity index (χ1v) is 14.3. The van der Waals surface area contributed by atoms with Crippen molar-refractivity contribution in [3.63, 3.8) is 0 Å². The molecule has 3 atom stereocenters. The molecule has 1 aromatic carbocycles. The number of carbonyl (C=O) groups is 3. The van der Waals surface area contributed by atoms with Crippen molar-refractivity contribution in [3.8, 4) is 5.75 Å². The number of rotatable bonds is 5. The molecule has 0 aromatic heterocycles. The number of halogens is 3. The lowest BCUT2D eigenvalue weighted by atomic mass is 9.83. The number of carbonyl (C=O) groups excluding carboxylic acids is 3. The molecule has 2 saturated heterocycles. The minimum atomic E-state index is -0.578. The van der Waals surface area contributed by atoms with Crippen LogP contribution in [0.1, 0.15) is 39.0 Å². The van der Waals surface area contributed by atoms with Gasteiger partial charge in [0.2, 0.25) is 11.8 Å². The molecule has 1 aromatic rings. The minimum absolute atomic E-state index is 0.0115. The average molecular weight is 579 g/mol. The third-order valence-electron chi connectivity index (χ3n) is 8.81. The third kappa shape index (κ3) is 5.97. The number of likely N-dealkylation sites (tertiary alicyclic amines) is 2. The highest BCUT2D eigenvalue weighted by Gasteiger charge is 2.49. The van der Waals surface area contributed by atoms with Crippen LogP contribution in [0.4, 0.5) is 9.18 Å². The fourth-order valence-electron chi connectivity index (χ4n) is 5.97. The molecule has 1 saturated carbocycles. The molecule has 0 bridgehead atoms. The van der Waals surface area contributed by atoms with Crippen LogP contribution in [0.25, 0.3) is 0 Å². The molecule has 0 spiro atoms. The summed E-state index contributed by atoms with van der Waals surface area (Å²) in [6.07, 6.45) is 6.90. The van der Waals surface area contributed by atoms with Crippen LogP contribution in [0.2, 0.25) is 0 Å². The Labute approximate surface area is 238 Å². The van der Waals surface area contributed by atoms with Crippen LogP contribution < -0.4 is 4.74 Å². The molecule has 39 heavy (non-hydrogen) atoms. The molecule has 4 aliphatic rings. The Hall–Kier alpha value is -2.58. The van der Waals surface area contributed by atoms with Crippen molar-refractivity contribution in [3.05, 3.63) is 52.3 Å². The van der Waals surface area contributed by atoms with Gasteiger partial charge in [-0.25, -0.2) is 9.18 Å². The maximum Gasteiger partial charge on any atom is 0.415 e. The van der Waals surface area contributed by atoms with Crippen LogP contribution in [0.3, 0.4) is 0 Å². The van der Waals surface area contributed by atoms with E-state index in [-0.39, 0.29) is 46.8 Å². The van der Waals surface area contributed by atoms with E-state index in [1.807, 2.05) is 22.8 Å². The number of likely N-dealkylation sites (N-methyl/N-ethyl adjacent to an activating group) is 1. The lowest BCUT2D eigenvalue weighted by Crippen LogP contribution is -2.47. The minimum Gasteiger partial charge on any atom is -0.410 e. The van der Waals surface area contributed by atoms with E-state index in [2.05, 4.69) is 0 Å². The van der Waals surface area contributed by atoms with Gasteiger partial charge in [-0.3, -0.25) is 9.59 Å². The molecular formula is C29H34Cl2FN3O4. The monoisotopic (exact) mass is 577 g/mol. The summed E-state index contributed by atoms with van der Waals surface area (Å²) < 4.78 is 18.8. The molecule has 2 aliphatic carbocycles. The number of nitrogens with zero attached hydrogens (tertiary/aromatic N) is 3. The second-order valence-electron chi connectivity index (χ2n) is 11.5. The predicted octanol–water partition coefficient (Wildman–Crippen LogP) is 5.39. The zero-order chi connectivity index (χ0) is 27.9. The van der Waals surface area contributed by atoms with E-state index in [0.29, 0.717) is 55.5 Å². The summed E-state index contributed by atoms with van der Waals surface area (Å²) in [5.41, 5.74) is -0.203. The van der Waals surface area contributed by atoms with Crippen molar-refractivity contribution < 1.29 is 23.5 Å². The molecule has 210 valence electrons. The van der Waals surface area contributed by atoms with Gasteiger partial charge in [0.15, 0.2) is 0 Å². The van der Waals surface area contributed by atoms with Gasteiger partial charge in [0, 0.05) is 55.5 Å². The first kappa shape index (κ1) is 28.0. The molecular weight excluding hydrogens is 544 g/mol. The van der Waals surface area contributed by atoms with Gasteiger partial charge < -0.3 is 19.4 Å². The third-order valence-corrected chi connectivity index (χ3v) is 9.62. The van der Waals surface area contributed by atoms with E-state index in [0.717, 1.165) is 12.8 Å². The molecule has 3 unspecified atom stereocenters. The van der Waals surface area contributed by atoms with Crippen molar-refractivity contribution in [2.75, 3.05) is 33.2 Å². The van der Waals surface area contributed by atoms with Crippen LogP contribution in [0, 0.1) is 29.0 Å². The Morgan fingerprint density at radius 2 is 1.72 bits per heavy atom. The molecule has 3 amide bonds. The molecule has 2 aliphatic heterocycles. The van der Waals surface area contributed by atoms with Crippen molar-refractivity contribution in [1.29, 1.82) is 0 Å². The number of hydrogen-bond donors (Lipinski definition) is 0. The average Bonchev–Trinajstić information content (AvgIpc) is 3.53. The van der Waals surface area contributed by atoms with Crippen molar-refractivity contribution in [2.45, 2.75) is 45.1 Å². The molecule has 10 heteroatoms. The van der Waals surface area contributed by atoms with Gasteiger partial charge >= 0.3 is 6.09 Å². The number of amides is 3. The standard InChI is InChI=1S/C29H34Cl2FN3O4/c1-29(11-12-29)27(37)34-13-9-18(10-14-34)26(36)35-16-22(19-3-8-23(30)24(31)15-19)25(17-35)33(2)28(38)39-21-6-4-20(32)5-7-21/h3-8,18-19,22,25H,9-17H2,1-2H3. The highest BCUT2D eigenvalue weighted by atomic mass is 35.5. The lowest BCUT2D eigenvalue weighted by Gasteiger charge is -2.34. The van der Waals surface area contributed by atoms with Crippen LogP contribution in [0.5, 0.6) is 5.75 Å². The van der Waals surface area contributed by atoms with E-state index in [1.165, 1.54) is 29.2 Å². The maximum atomic E-state index is 13.7. The van der Waals surface area contributed by atoms with E-state index >= 15 is 0 Å². The first-order valence-electron chi connectivity index (χ1n) is 13.6. The van der Waals surface area contributed by atoms with E-state index in [9.17, 15) is 18.8 Å². The number of benzene rings is 1. The van der Waals surface area contributed by atoms with Gasteiger partial charge in [-0.1, -0.05) is 36.2 Å². The largest absolute Gasteiger partial charge is 0.415 e. The molecule has 2 heterocycles. The molecule has 0 N–H and O–H groups in total. The zero-order valence-electron chi connectivity index (χ0n) is 22.2. The van der Waals surface area contributed by atoms with Crippen molar-refractivity contribution in [1.82, 2.24) is 14.7 Å². The fourth-order valence-corrected chi connectivity index (χ4v) is 6.36. The summed E-state index contributed by atoms with van der Waals surface area (Å²) in [5, 5.41) is 1.06. The highest BCUT2D eigenvalue weighted by Crippen LogP contribution is 2.47. The lowest BCUT2D eigenvalue weighted by molar-refractivity contribution is -0.142. The fraction of sp³-hybridized carbons (Fsp3) is 0.552. The van der Waals surface area contributed by atoms with Gasteiger partial charge in [-0.15, -0.1) is 0 Å². The molecule has 5 rings (SSSR count). The SMILES string of the molecule is CN(C(=O)Oc1ccc(F)cc1)C1CN(C(=O)C2CCN(C(=O)C3(C)CC3)CC2)CC1C1C=CC(Cl)=C(Cl)C1. The summed E-state index contributed by atoms with van der Waals surface area (Å²) in [6, 6.07) is 4.96. The summed E-state index contributed by atoms with van der Waals surface area (Å²) >= 11 is 12.6. The Bertz CT molecular complexity index is 1190. The Morgan fingerprint density at radius 1 is 1.05 bits per heavy atom. The number of ether oxygens (including phenoxy) is 1. The van der Waals surface area contributed by atoms with Gasteiger partial charge in [0.1, 0.15) is 11.6 Å². The Morgan fingerprint density at radius 3 is 2.33 bits per heavy atom. The number of hydrogen-bond acceptors (Lipinski definition) is 4. The van der Waals surface area contributed by atoms with Gasteiger partial charge in [-0.05, 0) is 68.4 Å². The van der Waals surface area contributed by atoms with E-state index < -0.39 is 11.9 Å². The van der Waals surface area contributed by atoms with E-state index in [1.54, 1.807) is 13.1 Å². The quantitative estimate of drug-likeness (QED) is 0.470. The number of allylic oxidation sites excluding steroid dienone is 4. The first-order chi connectivity index (χ1) is 18.6. The normalized spacial score (nSPS) is 26.5. The van der Waals surface area contributed by atoms with Crippen molar-refractivity contribution in [2.24, 2.45) is 23.2 Å². The summed E-state index contributed by atoms with van der Waals surface area (Å²) in [6.45, 7) is 4.06. The number of piperidine rings is 1. The molecule has 7 nitrogen and oxygen atoms in total. The summed E-state index contributed by atoms with van der Waals surface area (Å²) in [5.74, 6) is -0.147. The second-order valence-corrected chi connectivity index (χ2v) is 12.4. The van der Waals surface area contributed by atoms with Crippen LogP contribution in [-0.2, 0) is 9.59 Å². The van der Waals surface area contributed by atoms with Crippen LogP contribution in [-0.4, -0.2) is 71.9 Å². The molecule has 3 fully saturated rings. The maximum absolute atomic E-state index is 13.7. The van der Waals surface area contributed by atoms with Crippen molar-refractivity contribution >= 4 is 41.1 Å². The molecule has 0 radical (unpaired) electrons. The highest BCUT2D eigenvalue weighted by molar-refractivity contribution is 6.40. The Balaban J connectivity index is 1.27. The van der Waals surface area contributed by atoms with Gasteiger partial charge in [0.05, 0.1) is 11.1 Å². The zero-order valence-corrected chi connectivity index (χ0v) is 23.8. The smallest absolute Gasteiger partial charge is 0.410 e. The van der Waals surface area contributed by atoms with Gasteiger partial charge in [-0.2, -0.15) is 0 Å². The van der Waals surface area contributed by atoms with E-state index in [4.69, 9.17) is 27.9 Å². The summed E-state index contributed by atoms with van der Waals surface area (Å²) in [7, 11) is 1.66. The Kier molecular flexibility index (Phi) is 7.98. The summed E-state index contributed by atoms with van der Waals surface area (Å²) in [4.78, 5) is 44.8. The topological polar surface area (TPSA) is 70.2 Å². The van der Waals surface area contributed by atoms with Gasteiger partial charge in [0.25, 0.3) is 0 Å². The second kappa shape index (κ2) is 11.1. The van der Waals surface area contributed by atoms with Crippen LogP contribution in [0.15, 0.2) is 46.5 Å². The predicted molar refractivity (Wildman–Crippen MR) is 147 cm³/mol.